The van der Waals surface area contributed by atoms with E-state index in [9.17, 15) is 19.5 Å². The quantitative estimate of drug-likeness (QED) is 0.243. The first-order valence-corrected chi connectivity index (χ1v) is 9.05. The molecule has 0 heterocycles. The molecule has 31 heavy (non-hydrogen) atoms. The SMILES string of the molecule is COc1ccc(C(CC(=O)O)NC(=O)CNC(=O)c2cccc(N=C(N)N)c2)c(O)c1. The molecular formula is C20H23N5O6. The lowest BCUT2D eigenvalue weighted by Gasteiger charge is -2.19. The number of ether oxygens (including phenoxy) is 1. The van der Waals surface area contributed by atoms with E-state index in [4.69, 9.17) is 21.3 Å². The minimum Gasteiger partial charge on any atom is -0.507 e. The van der Waals surface area contributed by atoms with Crippen LogP contribution in [0.2, 0.25) is 0 Å². The molecule has 2 aromatic rings. The fourth-order valence-electron chi connectivity index (χ4n) is 2.73. The van der Waals surface area contributed by atoms with Crippen LogP contribution in [0.15, 0.2) is 47.5 Å². The number of aliphatic carboxylic acids is 1. The lowest BCUT2D eigenvalue weighted by atomic mass is 10.0. The predicted molar refractivity (Wildman–Crippen MR) is 112 cm³/mol. The molecule has 0 spiro atoms. The van der Waals surface area contributed by atoms with Crippen LogP contribution in [-0.4, -0.2) is 47.6 Å². The van der Waals surface area contributed by atoms with Crippen molar-refractivity contribution < 1.29 is 29.3 Å². The lowest BCUT2D eigenvalue weighted by molar-refractivity contribution is -0.137. The Balaban J connectivity index is 2.05. The van der Waals surface area contributed by atoms with Crippen LogP contribution >= 0.6 is 0 Å². The van der Waals surface area contributed by atoms with Crippen molar-refractivity contribution >= 4 is 29.4 Å². The minimum absolute atomic E-state index is 0.164. The fourth-order valence-corrected chi connectivity index (χ4v) is 2.73. The Hall–Kier alpha value is -4.28. The second kappa shape index (κ2) is 10.5. The first kappa shape index (κ1) is 23.0. The molecule has 11 nitrogen and oxygen atoms in total. The van der Waals surface area contributed by atoms with Crippen molar-refractivity contribution in [3.8, 4) is 11.5 Å². The number of amides is 2. The third kappa shape index (κ3) is 6.92. The smallest absolute Gasteiger partial charge is 0.305 e. The summed E-state index contributed by atoms with van der Waals surface area (Å²) in [5.74, 6) is -2.40. The van der Waals surface area contributed by atoms with E-state index >= 15 is 0 Å². The number of aliphatic imine (C=N–C) groups is 1. The van der Waals surface area contributed by atoms with E-state index in [1.165, 1.54) is 37.4 Å². The zero-order valence-electron chi connectivity index (χ0n) is 16.7. The highest BCUT2D eigenvalue weighted by Crippen LogP contribution is 2.30. The summed E-state index contributed by atoms with van der Waals surface area (Å²) < 4.78 is 5.00. The molecule has 1 unspecified atom stereocenters. The van der Waals surface area contributed by atoms with E-state index in [2.05, 4.69) is 15.6 Å². The van der Waals surface area contributed by atoms with E-state index < -0.39 is 36.8 Å². The third-order valence-corrected chi connectivity index (χ3v) is 4.10. The molecule has 0 bridgehead atoms. The summed E-state index contributed by atoms with van der Waals surface area (Å²) in [4.78, 5) is 39.7. The van der Waals surface area contributed by atoms with Crippen molar-refractivity contribution in [2.45, 2.75) is 12.5 Å². The number of benzene rings is 2. The molecule has 0 aromatic heterocycles. The van der Waals surface area contributed by atoms with E-state index in [1.54, 1.807) is 12.1 Å². The number of guanidine groups is 1. The lowest BCUT2D eigenvalue weighted by Crippen LogP contribution is -2.39. The van der Waals surface area contributed by atoms with Gasteiger partial charge in [-0.3, -0.25) is 14.4 Å². The molecule has 0 aliphatic heterocycles. The van der Waals surface area contributed by atoms with Gasteiger partial charge in [0.1, 0.15) is 11.5 Å². The highest BCUT2D eigenvalue weighted by atomic mass is 16.5. The number of hydrogen-bond donors (Lipinski definition) is 6. The predicted octanol–water partition coefficient (Wildman–Crippen LogP) is 0.368. The first-order valence-electron chi connectivity index (χ1n) is 9.05. The molecule has 8 N–H and O–H groups in total. The van der Waals surface area contributed by atoms with E-state index in [0.29, 0.717) is 11.4 Å². The van der Waals surface area contributed by atoms with Gasteiger partial charge in [-0.15, -0.1) is 0 Å². The van der Waals surface area contributed by atoms with Crippen LogP contribution in [0.3, 0.4) is 0 Å². The third-order valence-electron chi connectivity index (χ3n) is 4.10. The Kier molecular flexibility index (Phi) is 7.78. The molecule has 0 radical (unpaired) electrons. The molecular weight excluding hydrogens is 406 g/mol. The van der Waals surface area contributed by atoms with Crippen LogP contribution in [0.5, 0.6) is 11.5 Å². The van der Waals surface area contributed by atoms with Crippen LogP contribution in [0.1, 0.15) is 28.4 Å². The Labute approximate surface area is 177 Å². The van der Waals surface area contributed by atoms with E-state index in [-0.39, 0.29) is 22.8 Å². The first-order chi connectivity index (χ1) is 14.7. The van der Waals surface area contributed by atoms with Gasteiger partial charge >= 0.3 is 5.97 Å². The molecule has 164 valence electrons. The molecule has 0 aliphatic rings. The topological polar surface area (TPSA) is 189 Å². The van der Waals surface area contributed by atoms with Gasteiger partial charge in [0.15, 0.2) is 5.96 Å². The van der Waals surface area contributed by atoms with Crippen molar-refractivity contribution in [1.29, 1.82) is 0 Å². The maximum atomic E-state index is 12.3. The fraction of sp³-hybridized carbons (Fsp3) is 0.200. The number of methoxy groups -OCH3 is 1. The van der Waals surface area contributed by atoms with Crippen molar-refractivity contribution in [1.82, 2.24) is 10.6 Å². The van der Waals surface area contributed by atoms with Crippen molar-refractivity contribution in [2.24, 2.45) is 16.5 Å². The molecule has 1 atom stereocenters. The molecule has 0 saturated carbocycles. The second-order valence-electron chi connectivity index (χ2n) is 6.41. The molecule has 2 aromatic carbocycles. The number of nitrogens with two attached hydrogens (primary N) is 2. The summed E-state index contributed by atoms with van der Waals surface area (Å²) in [6.07, 6.45) is -0.472. The van der Waals surface area contributed by atoms with Gasteiger partial charge < -0.3 is 37.1 Å². The number of carboxylic acids is 1. The number of carbonyl (C=O) groups excluding carboxylic acids is 2. The molecule has 11 heteroatoms. The molecule has 0 saturated heterocycles. The second-order valence-corrected chi connectivity index (χ2v) is 6.41. The summed E-state index contributed by atoms with van der Waals surface area (Å²) >= 11 is 0. The Morgan fingerprint density at radius 3 is 2.52 bits per heavy atom. The van der Waals surface area contributed by atoms with Gasteiger partial charge in [0.05, 0.1) is 31.8 Å². The van der Waals surface area contributed by atoms with Crippen LogP contribution in [0.25, 0.3) is 0 Å². The van der Waals surface area contributed by atoms with Gasteiger partial charge in [0, 0.05) is 17.2 Å². The largest absolute Gasteiger partial charge is 0.507 e. The Morgan fingerprint density at radius 2 is 1.90 bits per heavy atom. The standard InChI is InChI=1S/C20H23N5O6/c1-31-13-5-6-14(16(26)8-13)15(9-18(28)29)25-17(27)10-23-19(30)11-3-2-4-12(7-11)24-20(21)22/h2-8,15,26H,9-10H2,1H3,(H,23,30)(H,25,27)(H,28,29)(H4,21,22,24). The molecule has 0 aliphatic carbocycles. The van der Waals surface area contributed by atoms with E-state index in [0.717, 1.165) is 0 Å². The highest BCUT2D eigenvalue weighted by Gasteiger charge is 2.22. The zero-order valence-corrected chi connectivity index (χ0v) is 16.7. The average molecular weight is 429 g/mol. The van der Waals surface area contributed by atoms with E-state index in [1.807, 2.05) is 0 Å². The number of nitrogens with zero attached hydrogens (tertiary/aromatic N) is 1. The summed E-state index contributed by atoms with van der Waals surface area (Å²) in [6.45, 7) is -0.418. The molecule has 0 fully saturated rings. The maximum absolute atomic E-state index is 12.3. The van der Waals surface area contributed by atoms with Gasteiger partial charge in [0.25, 0.3) is 5.91 Å². The van der Waals surface area contributed by atoms with Gasteiger partial charge in [-0.1, -0.05) is 6.07 Å². The summed E-state index contributed by atoms with van der Waals surface area (Å²) in [7, 11) is 1.42. The van der Waals surface area contributed by atoms with Gasteiger partial charge in [-0.2, -0.15) is 0 Å². The van der Waals surface area contributed by atoms with Gasteiger partial charge in [-0.05, 0) is 30.3 Å². The van der Waals surface area contributed by atoms with Crippen molar-refractivity contribution in [2.75, 3.05) is 13.7 Å². The summed E-state index contributed by atoms with van der Waals surface area (Å²) in [6, 6.07) is 9.40. The van der Waals surface area contributed by atoms with Gasteiger partial charge in [0.2, 0.25) is 5.91 Å². The zero-order chi connectivity index (χ0) is 23.0. The number of hydrogen-bond acceptors (Lipinski definition) is 6. The Bertz CT molecular complexity index is 1000. The van der Waals surface area contributed by atoms with Crippen molar-refractivity contribution in [3.05, 3.63) is 53.6 Å². The van der Waals surface area contributed by atoms with Crippen LogP contribution in [0.4, 0.5) is 5.69 Å². The monoisotopic (exact) mass is 429 g/mol. The van der Waals surface area contributed by atoms with Crippen LogP contribution in [-0.2, 0) is 9.59 Å². The average Bonchev–Trinajstić information content (AvgIpc) is 2.70. The maximum Gasteiger partial charge on any atom is 0.305 e. The molecule has 2 rings (SSSR count). The normalized spacial score (nSPS) is 11.1. The number of phenols is 1. The van der Waals surface area contributed by atoms with Crippen molar-refractivity contribution in [3.63, 3.8) is 0 Å². The van der Waals surface area contributed by atoms with Gasteiger partial charge in [-0.25, -0.2) is 4.99 Å². The number of rotatable bonds is 9. The molecule has 2 amide bonds. The number of carbonyl (C=O) groups is 3. The summed E-state index contributed by atoms with van der Waals surface area (Å²) in [5.41, 5.74) is 11.4. The van der Waals surface area contributed by atoms with Crippen LogP contribution < -0.4 is 26.8 Å². The minimum atomic E-state index is -1.18. The number of nitrogens with one attached hydrogen (secondary N) is 2. The summed E-state index contributed by atoms with van der Waals surface area (Å²) in [5, 5.41) is 24.2. The van der Waals surface area contributed by atoms with Crippen LogP contribution in [0, 0.1) is 0 Å². The Morgan fingerprint density at radius 1 is 1.16 bits per heavy atom. The number of aromatic hydroxyl groups is 1. The number of carboxylic acid groups (broad SMARTS) is 1. The number of phenolic OH excluding ortho intramolecular Hbond substituents is 1. The highest BCUT2D eigenvalue weighted by molar-refractivity contribution is 5.97.